The molecule has 4 nitrogen and oxygen atoms in total. The van der Waals surface area contributed by atoms with Crippen molar-refractivity contribution in [2.24, 2.45) is 0 Å². The minimum absolute atomic E-state index is 0.0243. The molecule has 1 amide bonds. The van der Waals surface area contributed by atoms with Crippen LogP contribution in [0, 0.1) is 0 Å². The van der Waals surface area contributed by atoms with Crippen LogP contribution in [0.15, 0.2) is 36.0 Å². The van der Waals surface area contributed by atoms with Gasteiger partial charge in [0.05, 0.1) is 11.8 Å². The van der Waals surface area contributed by atoms with Gasteiger partial charge in [0.15, 0.2) is 0 Å². The molecule has 86 valence electrons. The Balaban J connectivity index is 2.10. The predicted octanol–water partition coefficient (Wildman–Crippen LogP) is 1.75. The summed E-state index contributed by atoms with van der Waals surface area (Å²) in [6.07, 6.45) is 0.428. The van der Waals surface area contributed by atoms with Gasteiger partial charge < -0.3 is 5.11 Å². The molecule has 1 fully saturated rings. The summed E-state index contributed by atoms with van der Waals surface area (Å²) in [5, 5.41) is 9.20. The van der Waals surface area contributed by atoms with E-state index in [1.807, 2.05) is 30.3 Å². The number of hydrogen-bond acceptors (Lipinski definition) is 3. The highest BCUT2D eigenvalue weighted by atomic mass is 32.2. The first-order valence-corrected chi connectivity index (χ1v) is 6.08. The van der Waals surface area contributed by atoms with Gasteiger partial charge >= 0.3 is 5.97 Å². The van der Waals surface area contributed by atoms with E-state index in [-0.39, 0.29) is 17.0 Å². The van der Waals surface area contributed by atoms with Crippen LogP contribution < -0.4 is 0 Å². The lowest BCUT2D eigenvalue weighted by molar-refractivity contribution is -0.145. The van der Waals surface area contributed by atoms with E-state index >= 15 is 0 Å². The van der Waals surface area contributed by atoms with Crippen LogP contribution in [0.3, 0.4) is 0 Å². The highest BCUT2D eigenvalue weighted by Gasteiger charge is 2.48. The zero-order chi connectivity index (χ0) is 12.0. The van der Waals surface area contributed by atoms with E-state index in [0.29, 0.717) is 11.3 Å². The van der Waals surface area contributed by atoms with Crippen LogP contribution in [-0.4, -0.2) is 27.3 Å². The van der Waals surface area contributed by atoms with E-state index in [0.717, 1.165) is 5.56 Å². The Morgan fingerprint density at radius 1 is 1.35 bits per heavy atom. The van der Waals surface area contributed by atoms with Crippen molar-refractivity contribution < 1.29 is 14.7 Å². The number of carbonyl (C=O) groups is 2. The zero-order valence-corrected chi connectivity index (χ0v) is 9.61. The van der Waals surface area contributed by atoms with Crippen molar-refractivity contribution in [1.29, 1.82) is 0 Å². The van der Waals surface area contributed by atoms with Gasteiger partial charge in [-0.1, -0.05) is 42.1 Å². The fourth-order valence-electron chi connectivity index (χ4n) is 2.05. The molecule has 0 saturated carbocycles. The number of carboxylic acids is 1. The van der Waals surface area contributed by atoms with Crippen LogP contribution in [0.5, 0.6) is 0 Å². The molecular formula is C12H9NO3S. The zero-order valence-electron chi connectivity index (χ0n) is 8.79. The molecule has 5 heteroatoms. The van der Waals surface area contributed by atoms with Crippen LogP contribution in [0.1, 0.15) is 12.0 Å². The molecule has 1 aromatic carbocycles. The number of β-lactam (4-membered cyclic amide) rings is 1. The van der Waals surface area contributed by atoms with Crippen LogP contribution in [0.2, 0.25) is 0 Å². The number of carbonyl (C=O) groups excluding carboxylic acids is 1. The summed E-state index contributed by atoms with van der Waals surface area (Å²) < 4.78 is 0. The maximum Gasteiger partial charge on any atom is 0.353 e. The predicted molar refractivity (Wildman–Crippen MR) is 63.8 cm³/mol. The molecule has 1 N–H and O–H groups in total. The van der Waals surface area contributed by atoms with Crippen molar-refractivity contribution in [3.05, 3.63) is 41.6 Å². The van der Waals surface area contributed by atoms with E-state index in [2.05, 4.69) is 0 Å². The van der Waals surface area contributed by atoms with E-state index < -0.39 is 5.97 Å². The van der Waals surface area contributed by atoms with Gasteiger partial charge in [-0.3, -0.25) is 9.69 Å². The molecule has 17 heavy (non-hydrogen) atoms. The summed E-state index contributed by atoms with van der Waals surface area (Å²) in [5.41, 5.74) is 0.986. The molecule has 0 bridgehead atoms. The van der Waals surface area contributed by atoms with Gasteiger partial charge in [-0.2, -0.15) is 0 Å². The molecule has 1 aromatic rings. The number of nitrogens with zero attached hydrogens (tertiary/aromatic N) is 1. The average Bonchev–Trinajstić information content (AvgIpc) is 2.63. The second-order valence-electron chi connectivity index (χ2n) is 3.89. The number of carboxylic acid groups (broad SMARTS) is 1. The Kier molecular flexibility index (Phi) is 2.22. The van der Waals surface area contributed by atoms with Crippen molar-refractivity contribution in [2.45, 2.75) is 11.8 Å². The highest BCUT2D eigenvalue weighted by molar-refractivity contribution is 8.09. The van der Waals surface area contributed by atoms with Crippen LogP contribution in [-0.2, 0) is 9.59 Å². The monoisotopic (exact) mass is 247 g/mol. The molecule has 3 rings (SSSR count). The smallest absolute Gasteiger partial charge is 0.353 e. The summed E-state index contributed by atoms with van der Waals surface area (Å²) in [4.78, 5) is 24.7. The van der Waals surface area contributed by atoms with E-state index in [9.17, 15) is 14.7 Å². The lowest BCUT2D eigenvalue weighted by Crippen LogP contribution is -2.48. The van der Waals surface area contributed by atoms with Gasteiger partial charge in [-0.15, -0.1) is 0 Å². The standard InChI is InChI=1S/C12H9NO3S/c14-8-6-9-13(8)10(12(15)16)11(17-9)7-4-2-1-3-5-7/h1-5,9H,6H2,(H,15,16). The molecule has 0 radical (unpaired) electrons. The maximum atomic E-state index is 11.4. The first kappa shape index (κ1) is 10.4. The van der Waals surface area contributed by atoms with Crippen molar-refractivity contribution >= 4 is 28.5 Å². The third-order valence-corrected chi connectivity index (χ3v) is 4.17. The summed E-state index contributed by atoms with van der Waals surface area (Å²) in [5.74, 6) is -1.14. The van der Waals surface area contributed by atoms with Gasteiger partial charge in [0.2, 0.25) is 5.91 Å². The van der Waals surface area contributed by atoms with Crippen LogP contribution in [0.4, 0.5) is 0 Å². The number of rotatable bonds is 2. The molecule has 2 heterocycles. The van der Waals surface area contributed by atoms with Crippen molar-refractivity contribution in [1.82, 2.24) is 4.90 Å². The lowest BCUT2D eigenvalue weighted by atomic mass is 10.1. The topological polar surface area (TPSA) is 57.6 Å². The Labute approximate surface area is 102 Å². The highest BCUT2D eigenvalue weighted by Crippen LogP contribution is 2.50. The fourth-order valence-corrected chi connectivity index (χ4v) is 3.44. The van der Waals surface area contributed by atoms with Crippen molar-refractivity contribution in [3.63, 3.8) is 0 Å². The molecule has 0 spiro atoms. The normalized spacial score (nSPS) is 22.5. The second kappa shape index (κ2) is 3.63. The van der Waals surface area contributed by atoms with E-state index in [1.54, 1.807) is 0 Å². The molecule has 1 unspecified atom stereocenters. The average molecular weight is 247 g/mol. The van der Waals surface area contributed by atoms with Crippen LogP contribution >= 0.6 is 11.8 Å². The number of benzene rings is 1. The van der Waals surface area contributed by atoms with E-state index in [1.165, 1.54) is 16.7 Å². The van der Waals surface area contributed by atoms with Gasteiger partial charge in [0.1, 0.15) is 5.70 Å². The Bertz CT molecular complexity index is 538. The Hall–Kier alpha value is -1.75. The molecule has 0 aromatic heterocycles. The minimum Gasteiger partial charge on any atom is -0.477 e. The van der Waals surface area contributed by atoms with Gasteiger partial charge in [0.25, 0.3) is 0 Å². The number of fused-ring (bicyclic) bond motifs is 1. The second-order valence-corrected chi connectivity index (χ2v) is 5.08. The Morgan fingerprint density at radius 2 is 2.06 bits per heavy atom. The van der Waals surface area contributed by atoms with E-state index in [4.69, 9.17) is 0 Å². The number of hydrogen-bond donors (Lipinski definition) is 1. The largest absolute Gasteiger partial charge is 0.477 e. The van der Waals surface area contributed by atoms with Gasteiger partial charge in [0, 0.05) is 4.91 Å². The van der Waals surface area contributed by atoms with Crippen LogP contribution in [0.25, 0.3) is 4.91 Å². The minimum atomic E-state index is -1.04. The Morgan fingerprint density at radius 3 is 2.65 bits per heavy atom. The summed E-state index contributed by atoms with van der Waals surface area (Å²) in [7, 11) is 0. The third-order valence-electron chi connectivity index (χ3n) is 2.85. The number of thioether (sulfide) groups is 1. The SMILES string of the molecule is O=C(O)C1=C(c2ccccc2)SC2CC(=O)N12. The lowest BCUT2D eigenvalue weighted by Gasteiger charge is -2.33. The fraction of sp³-hybridized carbons (Fsp3) is 0.167. The first-order valence-electron chi connectivity index (χ1n) is 5.20. The van der Waals surface area contributed by atoms with Crippen molar-refractivity contribution in [2.75, 3.05) is 0 Å². The quantitative estimate of drug-likeness (QED) is 0.809. The molecule has 0 aliphatic carbocycles. The molecule has 2 aliphatic heterocycles. The summed E-state index contributed by atoms with van der Waals surface area (Å²) >= 11 is 1.46. The molecule has 2 aliphatic rings. The first-order chi connectivity index (χ1) is 8.18. The van der Waals surface area contributed by atoms with Gasteiger partial charge in [-0.25, -0.2) is 4.79 Å². The third kappa shape index (κ3) is 1.46. The number of amides is 1. The molecule has 1 atom stereocenters. The van der Waals surface area contributed by atoms with Gasteiger partial charge in [-0.05, 0) is 5.56 Å². The molecular weight excluding hydrogens is 238 g/mol. The van der Waals surface area contributed by atoms with Crippen molar-refractivity contribution in [3.8, 4) is 0 Å². The maximum absolute atomic E-state index is 11.4. The summed E-state index contributed by atoms with van der Waals surface area (Å²) in [6, 6.07) is 9.33. The number of aliphatic carboxylic acids is 1. The molecule has 1 saturated heterocycles. The summed E-state index contributed by atoms with van der Waals surface area (Å²) in [6.45, 7) is 0.